The van der Waals surface area contributed by atoms with Crippen LogP contribution < -0.4 is 4.74 Å². The smallest absolute Gasteiger partial charge is 0.164 e. The fraction of sp³-hybridized carbons (Fsp3) is 0.0227. The van der Waals surface area contributed by atoms with Gasteiger partial charge in [-0.05, 0) is 63.0 Å². The summed E-state index contributed by atoms with van der Waals surface area (Å²) in [6.45, 7) is 0. The van der Waals surface area contributed by atoms with Crippen LogP contribution >= 0.6 is 0 Å². The highest BCUT2D eigenvalue weighted by Crippen LogP contribution is 2.42. The van der Waals surface area contributed by atoms with Crippen molar-refractivity contribution in [2.24, 2.45) is 0 Å². The van der Waals surface area contributed by atoms with E-state index in [4.69, 9.17) is 19.7 Å². The summed E-state index contributed by atoms with van der Waals surface area (Å²) in [5.74, 6) is 3.84. The summed E-state index contributed by atoms with van der Waals surface area (Å²) in [6, 6.07) is 56.6. The largest absolute Gasteiger partial charge is 0.456 e. The highest BCUT2D eigenvalue weighted by molar-refractivity contribution is 5.90. The van der Waals surface area contributed by atoms with Crippen LogP contribution in [0.5, 0.6) is 11.5 Å². The van der Waals surface area contributed by atoms with Crippen LogP contribution in [0.1, 0.15) is 11.1 Å². The molecule has 4 nitrogen and oxygen atoms in total. The Labute approximate surface area is 279 Å². The van der Waals surface area contributed by atoms with Gasteiger partial charge in [-0.1, -0.05) is 140 Å². The van der Waals surface area contributed by atoms with Crippen molar-refractivity contribution in [3.05, 3.63) is 175 Å². The van der Waals surface area contributed by atoms with Crippen LogP contribution in [0.2, 0.25) is 0 Å². The number of hydrogen-bond donors (Lipinski definition) is 0. The molecule has 0 N–H and O–H groups in total. The second kappa shape index (κ2) is 11.8. The van der Waals surface area contributed by atoms with Gasteiger partial charge in [0.05, 0.1) is 0 Å². The number of nitrogens with zero attached hydrogens (tertiary/aromatic N) is 3. The van der Waals surface area contributed by atoms with E-state index in [2.05, 4.69) is 103 Å². The van der Waals surface area contributed by atoms with Crippen molar-refractivity contribution in [2.45, 2.75) is 6.42 Å². The summed E-state index contributed by atoms with van der Waals surface area (Å²) in [4.78, 5) is 14.7. The molecule has 1 aliphatic rings. The molecule has 0 spiro atoms. The van der Waals surface area contributed by atoms with Gasteiger partial charge in [-0.3, -0.25) is 0 Å². The summed E-state index contributed by atoms with van der Waals surface area (Å²) >= 11 is 0. The van der Waals surface area contributed by atoms with Gasteiger partial charge in [0.15, 0.2) is 17.5 Å². The van der Waals surface area contributed by atoms with Gasteiger partial charge < -0.3 is 4.74 Å². The van der Waals surface area contributed by atoms with E-state index < -0.39 is 0 Å². The van der Waals surface area contributed by atoms with E-state index in [0.29, 0.717) is 17.5 Å². The Balaban J connectivity index is 1.06. The molecule has 0 unspecified atom stereocenters. The molecule has 0 radical (unpaired) electrons. The Hall–Kier alpha value is -6.39. The van der Waals surface area contributed by atoms with Gasteiger partial charge in [0.1, 0.15) is 11.5 Å². The molecule has 48 heavy (non-hydrogen) atoms. The maximum absolute atomic E-state index is 6.49. The first-order chi connectivity index (χ1) is 23.7. The van der Waals surface area contributed by atoms with E-state index >= 15 is 0 Å². The Morgan fingerprint density at radius 3 is 1.56 bits per heavy atom. The van der Waals surface area contributed by atoms with Crippen LogP contribution in [-0.4, -0.2) is 15.0 Å². The van der Waals surface area contributed by atoms with Gasteiger partial charge in [0.25, 0.3) is 0 Å². The first-order valence-electron chi connectivity index (χ1n) is 16.1. The zero-order valence-electron chi connectivity index (χ0n) is 26.0. The van der Waals surface area contributed by atoms with Crippen molar-refractivity contribution in [3.63, 3.8) is 0 Å². The molecule has 226 valence electrons. The molecular weight excluding hydrogens is 587 g/mol. The van der Waals surface area contributed by atoms with Crippen molar-refractivity contribution < 1.29 is 4.74 Å². The first-order valence-corrected chi connectivity index (χ1v) is 16.1. The van der Waals surface area contributed by atoms with Gasteiger partial charge in [-0.25, -0.2) is 15.0 Å². The van der Waals surface area contributed by atoms with Crippen LogP contribution in [0, 0.1) is 0 Å². The van der Waals surface area contributed by atoms with Crippen LogP contribution in [0.4, 0.5) is 0 Å². The molecule has 0 saturated heterocycles. The molecule has 0 fully saturated rings. The number of fused-ring (bicyclic) bond motifs is 4. The molecule has 0 saturated carbocycles. The molecule has 9 rings (SSSR count). The van der Waals surface area contributed by atoms with Crippen molar-refractivity contribution in [1.29, 1.82) is 0 Å². The number of benzene rings is 7. The average Bonchev–Trinajstić information content (AvgIpc) is 3.17. The molecule has 1 aromatic heterocycles. The van der Waals surface area contributed by atoms with Gasteiger partial charge in [-0.2, -0.15) is 0 Å². The van der Waals surface area contributed by atoms with Crippen molar-refractivity contribution in [2.75, 3.05) is 0 Å². The van der Waals surface area contributed by atoms with Crippen molar-refractivity contribution >= 4 is 10.8 Å². The molecule has 2 heterocycles. The predicted molar refractivity (Wildman–Crippen MR) is 194 cm³/mol. The minimum atomic E-state index is 0.642. The number of ether oxygens (including phenoxy) is 1. The maximum Gasteiger partial charge on any atom is 0.164 e. The Kier molecular flexibility index (Phi) is 6.83. The predicted octanol–water partition coefficient (Wildman–Crippen LogP) is 11.1. The third-order valence-corrected chi connectivity index (χ3v) is 8.96. The van der Waals surface area contributed by atoms with Crippen LogP contribution in [0.15, 0.2) is 164 Å². The molecule has 0 amide bonds. The number of aromatic nitrogens is 3. The minimum Gasteiger partial charge on any atom is -0.456 e. The fourth-order valence-electron chi connectivity index (χ4n) is 6.51. The summed E-state index contributed by atoms with van der Waals surface area (Å²) in [7, 11) is 0. The lowest BCUT2D eigenvalue weighted by atomic mass is 9.93. The van der Waals surface area contributed by atoms with Crippen molar-refractivity contribution in [3.8, 4) is 67.9 Å². The lowest BCUT2D eigenvalue weighted by molar-refractivity contribution is 0.466. The highest BCUT2D eigenvalue weighted by Gasteiger charge is 2.20. The zero-order valence-corrected chi connectivity index (χ0v) is 26.0. The standard InChI is InChI=1S/C44H29N3O/c1-3-12-30(13-4-1)42-45-43(31-14-5-2-6-15-31)47-44(46-42)37-19-10-18-34(26-37)32-16-9-17-33(25-32)35-23-24-40-38(27-35)28-36-22-21-29-11-7-8-20-39(29)41(36)48-40/h1-27H,28H2. The molecule has 7 aromatic carbocycles. The Morgan fingerprint density at radius 1 is 0.375 bits per heavy atom. The van der Waals surface area contributed by atoms with Gasteiger partial charge >= 0.3 is 0 Å². The second-order valence-electron chi connectivity index (χ2n) is 12.1. The van der Waals surface area contributed by atoms with Crippen LogP contribution in [0.3, 0.4) is 0 Å². The molecule has 0 atom stereocenters. The quantitative estimate of drug-likeness (QED) is 0.193. The number of rotatable bonds is 5. The normalized spacial score (nSPS) is 11.8. The molecule has 0 bridgehead atoms. The lowest BCUT2D eigenvalue weighted by Gasteiger charge is -2.22. The Bertz CT molecular complexity index is 2400. The zero-order chi connectivity index (χ0) is 31.9. The molecular formula is C44H29N3O. The van der Waals surface area contributed by atoms with E-state index in [1.165, 1.54) is 16.5 Å². The maximum atomic E-state index is 6.49. The SMILES string of the molecule is c1ccc(-c2nc(-c3ccccc3)nc(-c3cccc(-c4cccc(-c5ccc6c(c5)Cc5ccc7ccccc7c5O6)c4)c3)n2)cc1. The van der Waals surface area contributed by atoms with Crippen molar-refractivity contribution in [1.82, 2.24) is 15.0 Å². The lowest BCUT2D eigenvalue weighted by Crippen LogP contribution is -2.03. The average molecular weight is 616 g/mol. The van der Waals surface area contributed by atoms with E-state index in [1.54, 1.807) is 0 Å². The van der Waals surface area contributed by atoms with Crippen LogP contribution in [-0.2, 0) is 6.42 Å². The summed E-state index contributed by atoms with van der Waals surface area (Å²) in [6.07, 6.45) is 0.840. The van der Waals surface area contributed by atoms with Gasteiger partial charge in [-0.15, -0.1) is 0 Å². The molecule has 4 heteroatoms. The highest BCUT2D eigenvalue weighted by atomic mass is 16.5. The summed E-state index contributed by atoms with van der Waals surface area (Å²) < 4.78 is 6.49. The first kappa shape index (κ1) is 27.9. The summed E-state index contributed by atoms with van der Waals surface area (Å²) in [5, 5.41) is 2.35. The minimum absolute atomic E-state index is 0.642. The topological polar surface area (TPSA) is 47.9 Å². The van der Waals surface area contributed by atoms with E-state index in [-0.39, 0.29) is 0 Å². The third kappa shape index (κ3) is 5.20. The van der Waals surface area contributed by atoms with Crippen LogP contribution in [0.25, 0.3) is 67.2 Å². The van der Waals surface area contributed by atoms with E-state index in [0.717, 1.165) is 62.3 Å². The molecule has 1 aliphatic heterocycles. The monoisotopic (exact) mass is 615 g/mol. The van der Waals surface area contributed by atoms with Gasteiger partial charge in [0.2, 0.25) is 0 Å². The third-order valence-electron chi connectivity index (χ3n) is 8.96. The fourth-order valence-corrected chi connectivity index (χ4v) is 6.51. The van der Waals surface area contributed by atoms with E-state index in [1.807, 2.05) is 60.7 Å². The van der Waals surface area contributed by atoms with E-state index in [9.17, 15) is 0 Å². The summed E-state index contributed by atoms with van der Waals surface area (Å²) in [5.41, 5.74) is 9.80. The van der Waals surface area contributed by atoms with Gasteiger partial charge in [0, 0.05) is 28.5 Å². The second-order valence-corrected chi connectivity index (χ2v) is 12.1. The Morgan fingerprint density at radius 2 is 0.896 bits per heavy atom. The molecule has 8 aromatic rings. The molecule has 0 aliphatic carbocycles. The number of hydrogen-bond acceptors (Lipinski definition) is 4.